The summed E-state index contributed by atoms with van der Waals surface area (Å²) in [6.07, 6.45) is 3.62. The molecule has 1 N–H and O–H groups in total. The van der Waals surface area contributed by atoms with E-state index in [1.165, 1.54) is 5.56 Å². The number of nitrogens with one attached hydrogen (secondary N) is 1. The molecule has 1 atom stereocenters. The smallest absolute Gasteiger partial charge is 0.117 e. The Kier molecular flexibility index (Phi) is 3.37. The Labute approximate surface area is 95.5 Å². The molecule has 0 aliphatic rings. The molecule has 2 heterocycles. The predicted octanol–water partition coefficient (Wildman–Crippen LogP) is 2.83. The van der Waals surface area contributed by atoms with Gasteiger partial charge in [-0.15, -0.1) is 0 Å². The lowest BCUT2D eigenvalue weighted by Gasteiger charge is -2.12. The van der Waals surface area contributed by atoms with Crippen LogP contribution in [0.2, 0.25) is 0 Å². The van der Waals surface area contributed by atoms with Crippen LogP contribution in [0.4, 0.5) is 0 Å². The summed E-state index contributed by atoms with van der Waals surface area (Å²) in [7, 11) is 0. The van der Waals surface area contributed by atoms with E-state index < -0.39 is 0 Å². The van der Waals surface area contributed by atoms with E-state index in [1.807, 2.05) is 43.6 Å². The first-order chi connectivity index (χ1) is 7.75. The minimum atomic E-state index is 0.299. The van der Waals surface area contributed by atoms with Crippen molar-refractivity contribution in [2.45, 2.75) is 26.4 Å². The van der Waals surface area contributed by atoms with Crippen LogP contribution in [-0.4, -0.2) is 4.98 Å². The number of aryl methyl sites for hydroxylation is 1. The monoisotopic (exact) mass is 216 g/mol. The Balaban J connectivity index is 1.91. The largest absolute Gasteiger partial charge is 0.465 e. The average Bonchev–Trinajstić information content (AvgIpc) is 2.73. The van der Waals surface area contributed by atoms with E-state index in [1.54, 1.807) is 0 Å². The van der Waals surface area contributed by atoms with E-state index in [0.717, 1.165) is 18.1 Å². The van der Waals surface area contributed by atoms with E-state index in [4.69, 9.17) is 4.42 Å². The number of rotatable bonds is 4. The number of hydrogen-bond acceptors (Lipinski definition) is 3. The number of furan rings is 1. The second-order valence-corrected chi connectivity index (χ2v) is 3.90. The summed E-state index contributed by atoms with van der Waals surface area (Å²) in [6.45, 7) is 4.83. The van der Waals surface area contributed by atoms with E-state index in [2.05, 4.69) is 17.2 Å². The Morgan fingerprint density at radius 3 is 2.62 bits per heavy atom. The van der Waals surface area contributed by atoms with Gasteiger partial charge in [-0.1, -0.05) is 0 Å². The summed E-state index contributed by atoms with van der Waals surface area (Å²) in [5, 5.41) is 3.41. The van der Waals surface area contributed by atoms with E-state index in [0.29, 0.717) is 6.04 Å². The molecule has 0 spiro atoms. The van der Waals surface area contributed by atoms with Crippen molar-refractivity contribution in [3.63, 3.8) is 0 Å². The highest BCUT2D eigenvalue weighted by atomic mass is 16.3. The van der Waals surface area contributed by atoms with Gasteiger partial charge in [0.1, 0.15) is 11.5 Å². The predicted molar refractivity (Wildman–Crippen MR) is 62.9 cm³/mol. The third-order valence-corrected chi connectivity index (χ3v) is 2.58. The average molecular weight is 216 g/mol. The maximum atomic E-state index is 5.49. The van der Waals surface area contributed by atoms with Crippen LogP contribution in [0.25, 0.3) is 0 Å². The van der Waals surface area contributed by atoms with E-state index in [-0.39, 0.29) is 0 Å². The molecule has 0 unspecified atom stereocenters. The number of pyridine rings is 1. The molecule has 0 aliphatic heterocycles. The van der Waals surface area contributed by atoms with Crippen molar-refractivity contribution in [1.82, 2.24) is 10.3 Å². The highest BCUT2D eigenvalue weighted by molar-refractivity contribution is 5.14. The summed E-state index contributed by atoms with van der Waals surface area (Å²) in [6, 6.07) is 8.32. The van der Waals surface area contributed by atoms with Gasteiger partial charge in [0.05, 0.1) is 6.54 Å². The highest BCUT2D eigenvalue weighted by Gasteiger charge is 2.05. The molecule has 0 bridgehead atoms. The number of nitrogens with zero attached hydrogens (tertiary/aromatic N) is 1. The lowest BCUT2D eigenvalue weighted by molar-refractivity contribution is 0.444. The van der Waals surface area contributed by atoms with Crippen LogP contribution in [-0.2, 0) is 6.54 Å². The van der Waals surface area contributed by atoms with Crippen LogP contribution in [0.1, 0.15) is 30.0 Å². The van der Waals surface area contributed by atoms with Gasteiger partial charge in [0.15, 0.2) is 0 Å². The molecule has 0 amide bonds. The fourth-order valence-corrected chi connectivity index (χ4v) is 1.60. The highest BCUT2D eigenvalue weighted by Crippen LogP contribution is 2.12. The molecule has 2 aromatic rings. The molecule has 0 aromatic carbocycles. The Morgan fingerprint density at radius 1 is 1.25 bits per heavy atom. The maximum Gasteiger partial charge on any atom is 0.117 e. The van der Waals surface area contributed by atoms with Gasteiger partial charge in [-0.25, -0.2) is 0 Å². The third-order valence-electron chi connectivity index (χ3n) is 2.58. The zero-order chi connectivity index (χ0) is 11.4. The molecular formula is C13H16N2O. The van der Waals surface area contributed by atoms with Crippen LogP contribution in [0.5, 0.6) is 0 Å². The molecule has 0 radical (unpaired) electrons. The van der Waals surface area contributed by atoms with Crippen LogP contribution in [0, 0.1) is 6.92 Å². The van der Waals surface area contributed by atoms with Crippen molar-refractivity contribution in [2.24, 2.45) is 0 Å². The van der Waals surface area contributed by atoms with Gasteiger partial charge in [0.25, 0.3) is 0 Å². The SMILES string of the molecule is Cc1ccc(CN[C@H](C)c2ccncc2)o1. The van der Waals surface area contributed by atoms with Gasteiger partial charge >= 0.3 is 0 Å². The minimum Gasteiger partial charge on any atom is -0.465 e. The fraction of sp³-hybridized carbons (Fsp3) is 0.308. The molecule has 16 heavy (non-hydrogen) atoms. The van der Waals surface area contributed by atoms with E-state index in [9.17, 15) is 0 Å². The first-order valence-corrected chi connectivity index (χ1v) is 5.44. The molecule has 3 nitrogen and oxygen atoms in total. The topological polar surface area (TPSA) is 38.1 Å². The minimum absolute atomic E-state index is 0.299. The first kappa shape index (κ1) is 10.9. The van der Waals surface area contributed by atoms with Crippen LogP contribution in [0.15, 0.2) is 41.1 Å². The molecular weight excluding hydrogens is 200 g/mol. The Bertz CT molecular complexity index is 436. The maximum absolute atomic E-state index is 5.49. The fourth-order valence-electron chi connectivity index (χ4n) is 1.60. The Morgan fingerprint density at radius 2 is 2.00 bits per heavy atom. The molecule has 0 saturated heterocycles. The van der Waals surface area contributed by atoms with Crippen LogP contribution >= 0.6 is 0 Å². The van der Waals surface area contributed by atoms with Crippen molar-refractivity contribution in [1.29, 1.82) is 0 Å². The summed E-state index contributed by atoms with van der Waals surface area (Å²) >= 11 is 0. The van der Waals surface area contributed by atoms with Gasteiger partial charge in [-0.3, -0.25) is 4.98 Å². The molecule has 0 aliphatic carbocycles. The van der Waals surface area contributed by atoms with E-state index >= 15 is 0 Å². The van der Waals surface area contributed by atoms with Gasteiger partial charge in [0.2, 0.25) is 0 Å². The zero-order valence-corrected chi connectivity index (χ0v) is 9.60. The van der Waals surface area contributed by atoms with Crippen LogP contribution in [0.3, 0.4) is 0 Å². The summed E-state index contributed by atoms with van der Waals surface area (Å²) in [5.41, 5.74) is 1.23. The molecule has 2 aromatic heterocycles. The van der Waals surface area contributed by atoms with Gasteiger partial charge in [-0.05, 0) is 43.7 Å². The summed E-state index contributed by atoms with van der Waals surface area (Å²) in [5.74, 6) is 1.92. The number of hydrogen-bond donors (Lipinski definition) is 1. The summed E-state index contributed by atoms with van der Waals surface area (Å²) in [4.78, 5) is 4.00. The van der Waals surface area contributed by atoms with Crippen LogP contribution < -0.4 is 5.32 Å². The lowest BCUT2D eigenvalue weighted by Crippen LogP contribution is -2.17. The van der Waals surface area contributed by atoms with Crippen molar-refractivity contribution in [2.75, 3.05) is 0 Å². The lowest BCUT2D eigenvalue weighted by atomic mass is 10.1. The normalized spacial score (nSPS) is 12.6. The Hall–Kier alpha value is -1.61. The van der Waals surface area contributed by atoms with Crippen molar-refractivity contribution in [3.05, 3.63) is 53.7 Å². The van der Waals surface area contributed by atoms with Gasteiger partial charge in [0, 0.05) is 18.4 Å². The second kappa shape index (κ2) is 4.94. The zero-order valence-electron chi connectivity index (χ0n) is 9.60. The molecule has 84 valence electrons. The van der Waals surface area contributed by atoms with Crippen molar-refractivity contribution < 1.29 is 4.42 Å². The van der Waals surface area contributed by atoms with Crippen molar-refractivity contribution >= 4 is 0 Å². The van der Waals surface area contributed by atoms with Crippen molar-refractivity contribution in [3.8, 4) is 0 Å². The molecule has 3 heteroatoms. The standard InChI is InChI=1S/C13H16N2O/c1-10-3-4-13(16-10)9-15-11(2)12-5-7-14-8-6-12/h3-8,11,15H,9H2,1-2H3/t11-/m1/s1. The number of aromatic nitrogens is 1. The summed E-state index contributed by atoms with van der Waals surface area (Å²) < 4.78 is 5.49. The van der Waals surface area contributed by atoms with Gasteiger partial charge in [-0.2, -0.15) is 0 Å². The molecule has 0 saturated carbocycles. The first-order valence-electron chi connectivity index (χ1n) is 5.44. The molecule has 2 rings (SSSR count). The molecule has 0 fully saturated rings. The third kappa shape index (κ3) is 2.70. The second-order valence-electron chi connectivity index (χ2n) is 3.90. The van der Waals surface area contributed by atoms with Gasteiger partial charge < -0.3 is 9.73 Å². The quantitative estimate of drug-likeness (QED) is 0.854.